The topological polar surface area (TPSA) is 54.4 Å². The Morgan fingerprint density at radius 1 is 1.40 bits per heavy atom. The van der Waals surface area contributed by atoms with E-state index in [4.69, 9.17) is 0 Å². The molecule has 82 valence electrons. The van der Waals surface area contributed by atoms with Gasteiger partial charge in [-0.25, -0.2) is 0 Å². The largest absolute Gasteiger partial charge is 0.507 e. The number of aldehydes is 1. The van der Waals surface area contributed by atoms with Crippen molar-refractivity contribution in [3.63, 3.8) is 0 Å². The van der Waals surface area contributed by atoms with E-state index in [0.717, 1.165) is 19.3 Å². The summed E-state index contributed by atoms with van der Waals surface area (Å²) >= 11 is 0. The number of ketones is 1. The van der Waals surface area contributed by atoms with Gasteiger partial charge >= 0.3 is 0 Å². The molecule has 0 bridgehead atoms. The molecule has 0 fully saturated rings. The van der Waals surface area contributed by atoms with E-state index in [0.29, 0.717) is 23.9 Å². The van der Waals surface area contributed by atoms with Gasteiger partial charge in [0.05, 0.1) is 0 Å². The molecule has 0 radical (unpaired) electrons. The lowest BCUT2D eigenvalue weighted by Crippen LogP contribution is -1.96. The van der Waals surface area contributed by atoms with Crippen LogP contribution >= 0.6 is 0 Å². The predicted octanol–water partition coefficient (Wildman–Crippen LogP) is 2.48. The molecule has 3 nitrogen and oxygen atoms in total. The molecule has 0 unspecified atom stereocenters. The minimum absolute atomic E-state index is 0.0307. The minimum Gasteiger partial charge on any atom is -0.507 e. The van der Waals surface area contributed by atoms with Gasteiger partial charge in [0, 0.05) is 17.6 Å². The minimum atomic E-state index is -0.0447. The standard InChI is InChI=1S/C12H16O3/c1-2-3-4-5-10-11(14)8-9(6-7-13)12(10)15/h6-7,15H,2-5,8H2,1H3/b9-6+. The summed E-state index contributed by atoms with van der Waals surface area (Å²) in [7, 11) is 0. The summed E-state index contributed by atoms with van der Waals surface area (Å²) in [5.74, 6) is -0.0140. The molecule has 0 aromatic heterocycles. The smallest absolute Gasteiger partial charge is 0.167 e. The molecule has 0 heterocycles. The first kappa shape index (κ1) is 11.7. The van der Waals surface area contributed by atoms with Crippen LogP contribution in [-0.4, -0.2) is 17.2 Å². The van der Waals surface area contributed by atoms with Gasteiger partial charge in [-0.3, -0.25) is 9.59 Å². The fourth-order valence-corrected chi connectivity index (χ4v) is 1.72. The van der Waals surface area contributed by atoms with Crippen molar-refractivity contribution < 1.29 is 14.7 Å². The molecule has 1 N–H and O–H groups in total. The van der Waals surface area contributed by atoms with Gasteiger partial charge in [-0.15, -0.1) is 0 Å². The highest BCUT2D eigenvalue weighted by atomic mass is 16.3. The highest BCUT2D eigenvalue weighted by Gasteiger charge is 2.26. The second-order valence-corrected chi connectivity index (χ2v) is 3.71. The Bertz CT molecular complexity index is 324. The van der Waals surface area contributed by atoms with Crippen molar-refractivity contribution >= 4 is 12.1 Å². The number of rotatable bonds is 5. The summed E-state index contributed by atoms with van der Waals surface area (Å²) < 4.78 is 0. The van der Waals surface area contributed by atoms with Gasteiger partial charge in [-0.2, -0.15) is 0 Å². The van der Waals surface area contributed by atoms with Gasteiger partial charge in [0.15, 0.2) is 5.78 Å². The van der Waals surface area contributed by atoms with Gasteiger partial charge < -0.3 is 5.11 Å². The molecule has 15 heavy (non-hydrogen) atoms. The van der Waals surface area contributed by atoms with Crippen LogP contribution in [0.5, 0.6) is 0 Å². The number of hydrogen-bond donors (Lipinski definition) is 1. The molecule has 1 aliphatic carbocycles. The van der Waals surface area contributed by atoms with E-state index in [9.17, 15) is 14.7 Å². The van der Waals surface area contributed by atoms with Crippen LogP contribution in [0.2, 0.25) is 0 Å². The number of aliphatic hydroxyl groups excluding tert-OH is 1. The Balaban J connectivity index is 2.71. The first-order chi connectivity index (χ1) is 7.20. The van der Waals surface area contributed by atoms with E-state index in [-0.39, 0.29) is 18.0 Å². The fraction of sp³-hybridized carbons (Fsp3) is 0.500. The van der Waals surface area contributed by atoms with Gasteiger partial charge in [0.1, 0.15) is 12.0 Å². The molecule has 0 aromatic rings. The predicted molar refractivity (Wildman–Crippen MR) is 57.6 cm³/mol. The van der Waals surface area contributed by atoms with E-state index in [1.165, 1.54) is 6.08 Å². The molecule has 3 heteroatoms. The zero-order chi connectivity index (χ0) is 11.3. The number of aliphatic hydroxyl groups is 1. The number of allylic oxidation sites excluding steroid dienone is 3. The molecule has 0 saturated carbocycles. The van der Waals surface area contributed by atoms with Crippen LogP contribution in [-0.2, 0) is 9.59 Å². The summed E-state index contributed by atoms with van der Waals surface area (Å²) in [4.78, 5) is 21.7. The summed E-state index contributed by atoms with van der Waals surface area (Å²) in [6.07, 6.45) is 5.71. The molecule has 0 aliphatic heterocycles. The maximum atomic E-state index is 11.5. The van der Waals surface area contributed by atoms with E-state index < -0.39 is 0 Å². The third kappa shape index (κ3) is 2.78. The SMILES string of the molecule is CCCCCC1=C(O)/C(=C/C=O)CC1=O. The lowest BCUT2D eigenvalue weighted by atomic mass is 10.1. The second-order valence-electron chi connectivity index (χ2n) is 3.71. The molecule has 0 atom stereocenters. The van der Waals surface area contributed by atoms with Gasteiger partial charge in [-0.05, 0) is 18.9 Å². The van der Waals surface area contributed by atoms with E-state index in [1.807, 2.05) is 0 Å². The monoisotopic (exact) mass is 208 g/mol. The van der Waals surface area contributed by atoms with Crippen molar-refractivity contribution in [3.8, 4) is 0 Å². The van der Waals surface area contributed by atoms with E-state index >= 15 is 0 Å². The zero-order valence-corrected chi connectivity index (χ0v) is 8.95. The molecule has 0 spiro atoms. The quantitative estimate of drug-likeness (QED) is 0.429. The summed E-state index contributed by atoms with van der Waals surface area (Å²) in [5.41, 5.74) is 0.957. The van der Waals surface area contributed by atoms with Crippen LogP contribution in [0.3, 0.4) is 0 Å². The fourth-order valence-electron chi connectivity index (χ4n) is 1.72. The lowest BCUT2D eigenvalue weighted by molar-refractivity contribution is -0.114. The molecule has 0 aromatic carbocycles. The summed E-state index contributed by atoms with van der Waals surface area (Å²) in [6.45, 7) is 2.09. The third-order valence-corrected chi connectivity index (χ3v) is 2.58. The van der Waals surface area contributed by atoms with Crippen LogP contribution in [0.25, 0.3) is 0 Å². The van der Waals surface area contributed by atoms with Crippen molar-refractivity contribution in [2.24, 2.45) is 0 Å². The van der Waals surface area contributed by atoms with Gasteiger partial charge in [0.2, 0.25) is 0 Å². The van der Waals surface area contributed by atoms with Crippen LogP contribution in [0.15, 0.2) is 23.0 Å². The van der Waals surface area contributed by atoms with Crippen molar-refractivity contribution in [3.05, 3.63) is 23.0 Å². The number of unbranched alkanes of at least 4 members (excludes halogenated alkanes) is 2. The normalized spacial score (nSPS) is 19.0. The highest BCUT2D eigenvalue weighted by molar-refractivity contribution is 6.02. The summed E-state index contributed by atoms with van der Waals surface area (Å²) in [6, 6.07) is 0. The van der Waals surface area contributed by atoms with Crippen molar-refractivity contribution in [1.82, 2.24) is 0 Å². The third-order valence-electron chi connectivity index (χ3n) is 2.58. The number of carbonyl (C=O) groups is 2. The number of Topliss-reactive ketones (excluding diaryl/α,β-unsaturated/α-hetero) is 1. The Kier molecular flexibility index (Phi) is 4.28. The first-order valence-corrected chi connectivity index (χ1v) is 5.30. The molecular formula is C12H16O3. The average Bonchev–Trinajstić information content (AvgIpc) is 2.46. The Morgan fingerprint density at radius 2 is 2.13 bits per heavy atom. The first-order valence-electron chi connectivity index (χ1n) is 5.30. The molecule has 1 rings (SSSR count). The van der Waals surface area contributed by atoms with Crippen molar-refractivity contribution in [2.45, 2.75) is 39.0 Å². The average molecular weight is 208 g/mol. The Labute approximate surface area is 89.5 Å². The molecule has 0 amide bonds. The van der Waals surface area contributed by atoms with E-state index in [1.54, 1.807) is 0 Å². The molecule has 1 aliphatic rings. The van der Waals surface area contributed by atoms with Crippen LogP contribution in [0.4, 0.5) is 0 Å². The number of carbonyl (C=O) groups excluding carboxylic acids is 2. The molecule has 0 saturated heterocycles. The highest BCUT2D eigenvalue weighted by Crippen LogP contribution is 2.29. The van der Waals surface area contributed by atoms with Crippen molar-refractivity contribution in [1.29, 1.82) is 0 Å². The second kappa shape index (κ2) is 5.49. The lowest BCUT2D eigenvalue weighted by Gasteiger charge is -2.00. The van der Waals surface area contributed by atoms with Gasteiger partial charge in [0.25, 0.3) is 0 Å². The van der Waals surface area contributed by atoms with Crippen molar-refractivity contribution in [2.75, 3.05) is 0 Å². The zero-order valence-electron chi connectivity index (χ0n) is 8.95. The number of hydrogen-bond acceptors (Lipinski definition) is 3. The van der Waals surface area contributed by atoms with Crippen LogP contribution in [0, 0.1) is 0 Å². The van der Waals surface area contributed by atoms with Gasteiger partial charge in [-0.1, -0.05) is 19.8 Å². The summed E-state index contributed by atoms with van der Waals surface area (Å²) in [5, 5.41) is 9.68. The Morgan fingerprint density at radius 3 is 2.73 bits per heavy atom. The maximum Gasteiger partial charge on any atom is 0.167 e. The van der Waals surface area contributed by atoms with Crippen LogP contribution in [0.1, 0.15) is 39.0 Å². The van der Waals surface area contributed by atoms with E-state index in [2.05, 4.69) is 6.92 Å². The Hall–Kier alpha value is -1.38. The molecular weight excluding hydrogens is 192 g/mol. The maximum absolute atomic E-state index is 11.5. The van der Waals surface area contributed by atoms with Crippen LogP contribution < -0.4 is 0 Å².